The fourth-order valence-electron chi connectivity index (χ4n) is 2.80. The zero-order valence-corrected chi connectivity index (χ0v) is 16.4. The Morgan fingerprint density at radius 3 is 2.00 bits per heavy atom. The number of nitrogens with one attached hydrogen (secondary N) is 3. The Labute approximate surface area is 178 Å². The van der Waals surface area contributed by atoms with Gasteiger partial charge in [0.1, 0.15) is 17.7 Å². The molecule has 31 heavy (non-hydrogen) atoms. The van der Waals surface area contributed by atoms with Crippen molar-refractivity contribution in [3.63, 3.8) is 0 Å². The normalized spacial score (nSPS) is 10.2. The van der Waals surface area contributed by atoms with Crippen molar-refractivity contribution in [2.24, 2.45) is 0 Å². The molecule has 0 bridgehead atoms. The molecule has 0 spiro atoms. The van der Waals surface area contributed by atoms with E-state index in [2.05, 4.69) is 31.2 Å². The summed E-state index contributed by atoms with van der Waals surface area (Å²) in [6.45, 7) is 0. The first kappa shape index (κ1) is 19.6. The molecule has 0 aliphatic heterocycles. The van der Waals surface area contributed by atoms with Crippen LogP contribution in [0.3, 0.4) is 0 Å². The van der Waals surface area contributed by atoms with Crippen molar-refractivity contribution >= 4 is 34.6 Å². The van der Waals surface area contributed by atoms with Crippen LogP contribution < -0.4 is 27.0 Å². The molecule has 9 nitrogen and oxygen atoms in total. The molecular weight excluding hydrogens is 392 g/mol. The number of carbonyl (C=O) groups excluding carboxylic acids is 1. The maximum atomic E-state index is 12.2. The molecule has 0 aliphatic carbocycles. The number of nitrogens with two attached hydrogens (primary N) is 1. The largest absolute Gasteiger partial charge is 0.393 e. The fourth-order valence-corrected chi connectivity index (χ4v) is 2.80. The molecule has 4 aromatic rings. The Balaban J connectivity index is 1.56. The van der Waals surface area contributed by atoms with Gasteiger partial charge >= 0.3 is 0 Å². The van der Waals surface area contributed by atoms with Crippen LogP contribution in [0.25, 0.3) is 0 Å². The highest BCUT2D eigenvalue weighted by Crippen LogP contribution is 2.29. The number of pyridine rings is 1. The molecule has 2 aromatic heterocycles. The molecule has 0 saturated carbocycles. The van der Waals surface area contributed by atoms with Crippen LogP contribution in [-0.2, 0) is 0 Å². The Bertz CT molecular complexity index is 1100. The molecule has 154 valence electrons. The first-order valence-electron chi connectivity index (χ1n) is 9.47. The van der Waals surface area contributed by atoms with Crippen LogP contribution in [0.15, 0.2) is 91.4 Å². The van der Waals surface area contributed by atoms with Gasteiger partial charge in [0, 0.05) is 6.20 Å². The number of carbonyl (C=O) groups is 1. The third-order valence-electron chi connectivity index (χ3n) is 4.32. The summed E-state index contributed by atoms with van der Waals surface area (Å²) < 4.78 is 0. The average Bonchev–Trinajstić information content (AvgIpc) is 2.84. The van der Waals surface area contributed by atoms with Gasteiger partial charge in [-0.25, -0.2) is 9.97 Å². The van der Waals surface area contributed by atoms with Gasteiger partial charge in [-0.3, -0.25) is 31.1 Å². The van der Waals surface area contributed by atoms with Gasteiger partial charge < -0.3 is 5.73 Å². The van der Waals surface area contributed by atoms with Gasteiger partial charge in [-0.15, -0.1) is 0 Å². The smallest absolute Gasteiger partial charge is 0.288 e. The number of rotatable bonds is 7. The number of hydrogen-bond acceptors (Lipinski definition) is 8. The molecule has 0 saturated heterocycles. The minimum atomic E-state index is -0.414. The van der Waals surface area contributed by atoms with Crippen molar-refractivity contribution in [2.45, 2.75) is 0 Å². The summed E-state index contributed by atoms with van der Waals surface area (Å²) >= 11 is 0. The highest BCUT2D eigenvalue weighted by molar-refractivity contribution is 5.93. The van der Waals surface area contributed by atoms with Crippen LogP contribution in [0.4, 0.5) is 28.7 Å². The molecule has 5 N–H and O–H groups in total. The predicted octanol–water partition coefficient (Wildman–Crippen LogP) is 3.38. The Morgan fingerprint density at radius 1 is 0.774 bits per heavy atom. The van der Waals surface area contributed by atoms with E-state index in [1.807, 2.05) is 65.7 Å². The second-order valence-corrected chi connectivity index (χ2v) is 6.40. The van der Waals surface area contributed by atoms with E-state index in [0.29, 0.717) is 5.82 Å². The van der Waals surface area contributed by atoms with E-state index < -0.39 is 5.91 Å². The quantitative estimate of drug-likeness (QED) is 0.341. The topological polar surface area (TPSA) is 121 Å². The Hall–Kier alpha value is -4.66. The molecule has 0 unspecified atom stereocenters. The van der Waals surface area contributed by atoms with E-state index in [1.165, 1.54) is 12.5 Å². The van der Waals surface area contributed by atoms with Crippen LogP contribution in [-0.4, -0.2) is 20.9 Å². The summed E-state index contributed by atoms with van der Waals surface area (Å²) in [6.07, 6.45) is 2.89. The van der Waals surface area contributed by atoms with E-state index in [0.717, 1.165) is 11.4 Å². The second kappa shape index (κ2) is 9.23. The number of nitrogens with zero attached hydrogens (tertiary/aromatic N) is 4. The second-order valence-electron chi connectivity index (χ2n) is 6.40. The fraction of sp³-hybridized carbons (Fsp3) is 0. The molecule has 1 amide bonds. The lowest BCUT2D eigenvalue weighted by Gasteiger charge is -2.26. The Morgan fingerprint density at radius 2 is 1.39 bits per heavy atom. The molecule has 2 heterocycles. The summed E-state index contributed by atoms with van der Waals surface area (Å²) in [5, 5.41) is 1.86. The summed E-state index contributed by atoms with van der Waals surface area (Å²) in [7, 11) is 0. The summed E-state index contributed by atoms with van der Waals surface area (Å²) in [4.78, 5) is 24.6. The van der Waals surface area contributed by atoms with Crippen LogP contribution in [0, 0.1) is 0 Å². The first-order chi connectivity index (χ1) is 15.2. The monoisotopic (exact) mass is 412 g/mol. The SMILES string of the molecule is Nc1c(NNC(=O)c2ccccn2)ncnc1NN(c1ccccc1)c1ccccc1. The lowest BCUT2D eigenvalue weighted by Crippen LogP contribution is -2.31. The highest BCUT2D eigenvalue weighted by Gasteiger charge is 2.15. The zero-order chi connectivity index (χ0) is 21.5. The number of anilines is 5. The predicted molar refractivity (Wildman–Crippen MR) is 120 cm³/mol. The van der Waals surface area contributed by atoms with Crippen LogP contribution >= 0.6 is 0 Å². The van der Waals surface area contributed by atoms with Crippen LogP contribution in [0.5, 0.6) is 0 Å². The van der Waals surface area contributed by atoms with Gasteiger partial charge in [0.2, 0.25) is 0 Å². The number of para-hydroxylation sites is 2. The highest BCUT2D eigenvalue weighted by atomic mass is 16.2. The lowest BCUT2D eigenvalue weighted by atomic mass is 10.2. The van der Waals surface area contributed by atoms with Gasteiger partial charge in [-0.2, -0.15) is 0 Å². The molecule has 0 atom stereocenters. The first-order valence-corrected chi connectivity index (χ1v) is 9.47. The molecule has 0 fully saturated rings. The van der Waals surface area contributed by atoms with Crippen molar-refractivity contribution in [3.05, 3.63) is 97.1 Å². The molecule has 9 heteroatoms. The van der Waals surface area contributed by atoms with Crippen LogP contribution in [0.1, 0.15) is 10.5 Å². The van der Waals surface area contributed by atoms with Gasteiger partial charge in [-0.1, -0.05) is 42.5 Å². The van der Waals surface area contributed by atoms with Crippen molar-refractivity contribution in [2.75, 3.05) is 21.6 Å². The minimum absolute atomic E-state index is 0.237. The lowest BCUT2D eigenvalue weighted by molar-refractivity contribution is 0.0957. The van der Waals surface area contributed by atoms with E-state index in [-0.39, 0.29) is 17.2 Å². The van der Waals surface area contributed by atoms with Gasteiger partial charge in [0.05, 0.1) is 11.4 Å². The molecule has 4 rings (SSSR count). The van der Waals surface area contributed by atoms with Gasteiger partial charge in [0.15, 0.2) is 11.6 Å². The zero-order valence-electron chi connectivity index (χ0n) is 16.4. The van der Waals surface area contributed by atoms with E-state index in [9.17, 15) is 4.79 Å². The number of amides is 1. The van der Waals surface area contributed by atoms with Crippen molar-refractivity contribution in [3.8, 4) is 0 Å². The Kier molecular flexibility index (Phi) is 5.85. The van der Waals surface area contributed by atoms with E-state index in [4.69, 9.17) is 5.73 Å². The summed E-state index contributed by atoms with van der Waals surface area (Å²) in [6, 6.07) is 24.6. The standard InChI is InChI=1S/C22H20N8O/c23-19-20(27-28-22(31)18-13-7-8-14-24-18)25-15-26-21(19)29-30(16-9-3-1-4-10-16)17-11-5-2-6-12-17/h1-15H,23H2,(H,28,31)(H2,25,26,27,29). The maximum Gasteiger partial charge on any atom is 0.288 e. The van der Waals surface area contributed by atoms with Crippen molar-refractivity contribution in [1.82, 2.24) is 20.4 Å². The van der Waals surface area contributed by atoms with E-state index in [1.54, 1.807) is 18.2 Å². The number of hydrazine groups is 2. The number of hydrogen-bond donors (Lipinski definition) is 4. The van der Waals surface area contributed by atoms with Crippen LogP contribution in [0.2, 0.25) is 0 Å². The van der Waals surface area contributed by atoms with Gasteiger partial charge in [0.25, 0.3) is 5.91 Å². The minimum Gasteiger partial charge on any atom is -0.393 e. The molecule has 0 radical (unpaired) electrons. The third kappa shape index (κ3) is 4.67. The molecule has 0 aliphatic rings. The summed E-state index contributed by atoms with van der Waals surface area (Å²) in [5.41, 5.74) is 17.1. The number of aromatic nitrogens is 3. The molecule has 2 aromatic carbocycles. The van der Waals surface area contributed by atoms with Gasteiger partial charge in [-0.05, 0) is 36.4 Å². The third-order valence-corrected chi connectivity index (χ3v) is 4.32. The van der Waals surface area contributed by atoms with Crippen molar-refractivity contribution < 1.29 is 4.79 Å². The molecular formula is C22H20N8O. The number of nitrogen functional groups attached to an aromatic ring is 1. The van der Waals surface area contributed by atoms with Crippen molar-refractivity contribution in [1.29, 1.82) is 0 Å². The van der Waals surface area contributed by atoms with E-state index >= 15 is 0 Å². The average molecular weight is 412 g/mol. The number of benzene rings is 2. The maximum absolute atomic E-state index is 12.2. The summed E-state index contributed by atoms with van der Waals surface area (Å²) in [5.74, 6) is 0.212.